The number of aryl methyl sites for hydroxylation is 1. The van der Waals surface area contributed by atoms with Gasteiger partial charge in [-0.2, -0.15) is 17.6 Å². The van der Waals surface area contributed by atoms with Crippen molar-refractivity contribution in [1.29, 1.82) is 0 Å². The Morgan fingerprint density at radius 2 is 1.82 bits per heavy atom. The molecule has 0 aliphatic carbocycles. The van der Waals surface area contributed by atoms with E-state index >= 15 is 0 Å². The van der Waals surface area contributed by atoms with Gasteiger partial charge in [0.2, 0.25) is 11.6 Å². The van der Waals surface area contributed by atoms with Crippen molar-refractivity contribution in [3.63, 3.8) is 0 Å². The smallest absolute Gasteiger partial charge is 0.410 e. The molecule has 1 heterocycles. The Labute approximate surface area is 93.9 Å². The Morgan fingerprint density at radius 1 is 1.18 bits per heavy atom. The number of alkyl halides is 3. The molecule has 0 N–H and O–H groups in total. The van der Waals surface area contributed by atoms with Crippen molar-refractivity contribution in [2.45, 2.75) is 13.1 Å². The topological polar surface area (TPSA) is 26.0 Å². The Morgan fingerprint density at radius 3 is 2.35 bits per heavy atom. The van der Waals surface area contributed by atoms with Crippen molar-refractivity contribution in [1.82, 2.24) is 4.98 Å². The summed E-state index contributed by atoms with van der Waals surface area (Å²) in [6, 6.07) is 4.79. The zero-order valence-electron chi connectivity index (χ0n) is 8.68. The molecule has 0 aliphatic rings. The first-order chi connectivity index (χ1) is 7.89. The highest BCUT2D eigenvalue weighted by Gasteiger charge is 2.39. The van der Waals surface area contributed by atoms with Gasteiger partial charge < -0.3 is 4.42 Å². The van der Waals surface area contributed by atoms with Crippen molar-refractivity contribution in [3.05, 3.63) is 41.5 Å². The van der Waals surface area contributed by atoms with E-state index in [1.807, 2.05) is 0 Å². The maximum absolute atomic E-state index is 13.0. The van der Waals surface area contributed by atoms with E-state index in [1.165, 1.54) is 6.07 Å². The fourth-order valence-corrected chi connectivity index (χ4v) is 1.40. The van der Waals surface area contributed by atoms with Crippen LogP contribution in [0.3, 0.4) is 0 Å². The van der Waals surface area contributed by atoms with Gasteiger partial charge in [0.15, 0.2) is 0 Å². The van der Waals surface area contributed by atoms with Crippen LogP contribution in [-0.2, 0) is 6.18 Å². The lowest BCUT2D eigenvalue weighted by Crippen LogP contribution is -2.07. The van der Waals surface area contributed by atoms with Crippen molar-refractivity contribution in [2.24, 2.45) is 0 Å². The van der Waals surface area contributed by atoms with Crippen molar-refractivity contribution < 1.29 is 22.0 Å². The van der Waals surface area contributed by atoms with Gasteiger partial charge in [-0.1, -0.05) is 18.2 Å². The van der Waals surface area contributed by atoms with Crippen LogP contribution in [0.15, 0.2) is 28.7 Å². The molecule has 0 saturated carbocycles. The van der Waals surface area contributed by atoms with E-state index in [4.69, 9.17) is 0 Å². The van der Waals surface area contributed by atoms with Crippen LogP contribution in [-0.4, -0.2) is 4.98 Å². The SMILES string of the molecule is Cc1ccccc1-c1nc(C(F)(F)F)c(F)o1. The number of rotatable bonds is 1. The van der Waals surface area contributed by atoms with Gasteiger partial charge in [-0.25, -0.2) is 4.98 Å². The van der Waals surface area contributed by atoms with Crippen LogP contribution < -0.4 is 0 Å². The van der Waals surface area contributed by atoms with Gasteiger partial charge in [0, 0.05) is 5.56 Å². The second kappa shape index (κ2) is 3.87. The van der Waals surface area contributed by atoms with E-state index < -0.39 is 17.9 Å². The largest absolute Gasteiger partial charge is 0.439 e. The average molecular weight is 245 g/mol. The van der Waals surface area contributed by atoms with Crippen molar-refractivity contribution in [2.75, 3.05) is 0 Å². The zero-order valence-corrected chi connectivity index (χ0v) is 8.68. The maximum atomic E-state index is 13.0. The molecule has 2 rings (SSSR count). The molecule has 90 valence electrons. The fourth-order valence-electron chi connectivity index (χ4n) is 1.40. The first-order valence-electron chi connectivity index (χ1n) is 4.69. The highest BCUT2D eigenvalue weighted by Crippen LogP contribution is 2.33. The lowest BCUT2D eigenvalue weighted by atomic mass is 10.1. The third kappa shape index (κ3) is 2.15. The van der Waals surface area contributed by atoms with Crippen LogP contribution in [0.4, 0.5) is 17.6 Å². The molecule has 17 heavy (non-hydrogen) atoms. The number of nitrogens with zero attached hydrogens (tertiary/aromatic N) is 1. The fraction of sp³-hybridized carbons (Fsp3) is 0.182. The third-order valence-corrected chi connectivity index (χ3v) is 2.23. The number of hydrogen-bond donors (Lipinski definition) is 0. The van der Waals surface area contributed by atoms with Crippen LogP contribution >= 0.6 is 0 Å². The number of halogens is 4. The summed E-state index contributed by atoms with van der Waals surface area (Å²) < 4.78 is 54.3. The first-order valence-corrected chi connectivity index (χ1v) is 4.69. The Bertz CT molecular complexity index is 545. The molecule has 0 atom stereocenters. The minimum absolute atomic E-state index is 0.335. The summed E-state index contributed by atoms with van der Waals surface area (Å²) in [7, 11) is 0. The van der Waals surface area contributed by atoms with Crippen molar-refractivity contribution in [3.8, 4) is 11.5 Å². The van der Waals surface area contributed by atoms with Crippen LogP contribution in [0.1, 0.15) is 11.3 Å². The number of oxazole rings is 1. The molecule has 0 aliphatic heterocycles. The Balaban J connectivity index is 2.53. The zero-order chi connectivity index (χ0) is 12.6. The van der Waals surface area contributed by atoms with E-state index in [-0.39, 0.29) is 5.89 Å². The van der Waals surface area contributed by atoms with Gasteiger partial charge in [-0.15, -0.1) is 0 Å². The molecule has 0 unspecified atom stereocenters. The molecule has 2 aromatic rings. The molecule has 0 amide bonds. The summed E-state index contributed by atoms with van der Waals surface area (Å²) in [5.41, 5.74) is -0.639. The van der Waals surface area contributed by atoms with Crippen molar-refractivity contribution >= 4 is 0 Å². The average Bonchev–Trinajstić information content (AvgIpc) is 2.60. The minimum atomic E-state index is -4.85. The molecule has 1 aromatic carbocycles. The molecular formula is C11H7F4NO. The van der Waals surface area contributed by atoms with Crippen LogP contribution in [0.2, 0.25) is 0 Å². The molecule has 0 bridgehead atoms. The molecule has 0 spiro atoms. The quantitative estimate of drug-likeness (QED) is 0.714. The second-order valence-electron chi connectivity index (χ2n) is 3.45. The monoisotopic (exact) mass is 245 g/mol. The Hall–Kier alpha value is -1.85. The highest BCUT2D eigenvalue weighted by molar-refractivity contribution is 5.58. The predicted octanol–water partition coefficient (Wildman–Crippen LogP) is 3.81. The molecule has 0 saturated heterocycles. The van der Waals surface area contributed by atoms with Gasteiger partial charge in [-0.3, -0.25) is 0 Å². The predicted molar refractivity (Wildman–Crippen MR) is 51.6 cm³/mol. The third-order valence-electron chi connectivity index (χ3n) is 2.23. The van der Waals surface area contributed by atoms with Gasteiger partial charge in [0.25, 0.3) is 0 Å². The van der Waals surface area contributed by atoms with E-state index in [9.17, 15) is 17.6 Å². The summed E-state index contributed by atoms with van der Waals surface area (Å²) in [4.78, 5) is 3.15. The molecule has 2 nitrogen and oxygen atoms in total. The van der Waals surface area contributed by atoms with E-state index in [2.05, 4.69) is 9.40 Å². The van der Waals surface area contributed by atoms with Crippen LogP contribution in [0.25, 0.3) is 11.5 Å². The van der Waals surface area contributed by atoms with Gasteiger partial charge in [-0.05, 0) is 18.6 Å². The summed E-state index contributed by atoms with van der Waals surface area (Å²) >= 11 is 0. The molecule has 1 aromatic heterocycles. The van der Waals surface area contributed by atoms with E-state index in [0.29, 0.717) is 11.1 Å². The number of hydrogen-bond acceptors (Lipinski definition) is 2. The normalized spacial score (nSPS) is 11.8. The lowest BCUT2D eigenvalue weighted by Gasteiger charge is -2.00. The summed E-state index contributed by atoms with van der Waals surface area (Å²) in [6.45, 7) is 1.67. The second-order valence-corrected chi connectivity index (χ2v) is 3.45. The van der Waals surface area contributed by atoms with Crippen LogP contribution in [0, 0.1) is 12.9 Å². The lowest BCUT2D eigenvalue weighted by molar-refractivity contribution is -0.144. The van der Waals surface area contributed by atoms with E-state index in [1.54, 1.807) is 25.1 Å². The van der Waals surface area contributed by atoms with Gasteiger partial charge in [0.1, 0.15) is 0 Å². The summed E-state index contributed by atoms with van der Waals surface area (Å²) in [5.74, 6) is -0.368. The summed E-state index contributed by atoms with van der Waals surface area (Å²) in [6.07, 6.45) is -4.85. The molecule has 0 radical (unpaired) electrons. The van der Waals surface area contributed by atoms with Gasteiger partial charge >= 0.3 is 12.2 Å². The number of benzene rings is 1. The minimum Gasteiger partial charge on any atom is -0.410 e. The standard InChI is InChI=1S/C11H7F4NO/c1-6-4-2-3-5-7(6)10-16-8(9(12)17-10)11(13,14)15/h2-5H,1H3. The maximum Gasteiger partial charge on any atom is 0.439 e. The van der Waals surface area contributed by atoms with Gasteiger partial charge in [0.05, 0.1) is 0 Å². The molecule has 0 fully saturated rings. The highest BCUT2D eigenvalue weighted by atomic mass is 19.4. The van der Waals surface area contributed by atoms with E-state index in [0.717, 1.165) is 0 Å². The molecular weight excluding hydrogens is 238 g/mol. The Kier molecular flexibility index (Phi) is 2.65. The first kappa shape index (κ1) is 11.6. The summed E-state index contributed by atoms with van der Waals surface area (Å²) in [5, 5.41) is 0. The number of aromatic nitrogens is 1. The molecule has 6 heteroatoms. The van der Waals surface area contributed by atoms with Crippen LogP contribution in [0.5, 0.6) is 0 Å².